The predicted octanol–water partition coefficient (Wildman–Crippen LogP) is 2.44. The summed E-state index contributed by atoms with van der Waals surface area (Å²) in [5.41, 5.74) is 0.580. The summed E-state index contributed by atoms with van der Waals surface area (Å²) in [4.78, 5) is 25.8. The molecule has 3 rings (SSSR count). The van der Waals surface area contributed by atoms with Crippen molar-refractivity contribution in [3.63, 3.8) is 0 Å². The van der Waals surface area contributed by atoms with Gasteiger partial charge >= 0.3 is 0 Å². The van der Waals surface area contributed by atoms with Crippen LogP contribution in [0.15, 0.2) is 17.8 Å². The fourth-order valence-electron chi connectivity index (χ4n) is 3.23. The molecule has 0 aliphatic carbocycles. The van der Waals surface area contributed by atoms with E-state index in [2.05, 4.69) is 26.4 Å². The molecule has 0 saturated carbocycles. The first-order valence-electron chi connectivity index (χ1n) is 8.48. The molecule has 0 unspecified atom stereocenters. The highest BCUT2D eigenvalue weighted by Gasteiger charge is 2.28. The van der Waals surface area contributed by atoms with Crippen molar-refractivity contribution in [2.75, 3.05) is 27.2 Å². The molecule has 0 aromatic carbocycles. The summed E-state index contributed by atoms with van der Waals surface area (Å²) in [7, 11) is 4.02. The van der Waals surface area contributed by atoms with E-state index >= 15 is 0 Å². The van der Waals surface area contributed by atoms with Crippen molar-refractivity contribution >= 4 is 17.2 Å². The number of thiazole rings is 1. The number of amides is 1. The highest BCUT2D eigenvalue weighted by molar-refractivity contribution is 7.09. The van der Waals surface area contributed by atoms with Gasteiger partial charge in [-0.15, -0.1) is 11.3 Å². The maximum Gasteiger partial charge on any atom is 0.273 e. The van der Waals surface area contributed by atoms with Gasteiger partial charge in [-0.2, -0.15) is 0 Å². The third-order valence-corrected chi connectivity index (χ3v) is 5.22. The van der Waals surface area contributed by atoms with Crippen LogP contribution in [0.2, 0.25) is 0 Å². The van der Waals surface area contributed by atoms with Gasteiger partial charge in [-0.25, -0.2) is 9.97 Å². The standard InChI is InChI=1S/C17H25N5OS/c1-4-21-9-7-18-16(21)13-6-5-8-22(10-13)17(23)14-12-24-15(19-14)11-20(2)3/h7,9,12-13H,4-6,8,10-11H2,1-3H3/t13-/m0/s1. The van der Waals surface area contributed by atoms with Crippen molar-refractivity contribution < 1.29 is 4.79 Å². The summed E-state index contributed by atoms with van der Waals surface area (Å²) in [5.74, 6) is 1.47. The number of carbonyl (C=O) groups is 1. The number of nitrogens with zero attached hydrogens (tertiary/aromatic N) is 5. The Labute approximate surface area is 147 Å². The van der Waals surface area contributed by atoms with Gasteiger partial charge in [0.1, 0.15) is 16.5 Å². The summed E-state index contributed by atoms with van der Waals surface area (Å²) < 4.78 is 2.18. The van der Waals surface area contributed by atoms with Crippen molar-refractivity contribution in [1.82, 2.24) is 24.3 Å². The van der Waals surface area contributed by atoms with Crippen LogP contribution in [0.1, 0.15) is 47.0 Å². The van der Waals surface area contributed by atoms with Crippen molar-refractivity contribution in [3.05, 3.63) is 34.3 Å². The number of likely N-dealkylation sites (tertiary alicyclic amines) is 1. The smallest absolute Gasteiger partial charge is 0.273 e. The Kier molecular flexibility index (Phi) is 5.30. The summed E-state index contributed by atoms with van der Waals surface area (Å²) in [5, 5.41) is 2.87. The Bertz CT molecular complexity index is 693. The number of hydrogen-bond acceptors (Lipinski definition) is 5. The lowest BCUT2D eigenvalue weighted by molar-refractivity contribution is 0.0698. The largest absolute Gasteiger partial charge is 0.337 e. The average molecular weight is 347 g/mol. The van der Waals surface area contributed by atoms with E-state index in [0.717, 1.165) is 49.9 Å². The Hall–Kier alpha value is -1.73. The van der Waals surface area contributed by atoms with E-state index < -0.39 is 0 Å². The molecule has 1 fully saturated rings. The lowest BCUT2D eigenvalue weighted by Crippen LogP contribution is -2.40. The predicted molar refractivity (Wildman–Crippen MR) is 95.3 cm³/mol. The second-order valence-electron chi connectivity index (χ2n) is 6.53. The number of hydrogen-bond donors (Lipinski definition) is 0. The Balaban J connectivity index is 1.70. The van der Waals surface area contributed by atoms with Crippen LogP contribution in [-0.2, 0) is 13.1 Å². The molecule has 1 amide bonds. The fraction of sp³-hybridized carbons (Fsp3) is 0.588. The first-order valence-corrected chi connectivity index (χ1v) is 9.36. The van der Waals surface area contributed by atoms with Gasteiger partial charge in [0.25, 0.3) is 5.91 Å². The third-order valence-electron chi connectivity index (χ3n) is 4.38. The minimum atomic E-state index is 0.0514. The number of imidazole rings is 1. The second-order valence-corrected chi connectivity index (χ2v) is 7.47. The minimum absolute atomic E-state index is 0.0514. The first-order chi connectivity index (χ1) is 11.6. The number of carbonyl (C=O) groups excluding carboxylic acids is 1. The van der Waals surface area contributed by atoms with Gasteiger partial charge in [0, 0.05) is 49.9 Å². The molecule has 24 heavy (non-hydrogen) atoms. The third kappa shape index (κ3) is 3.67. The molecular weight excluding hydrogens is 322 g/mol. The number of aromatic nitrogens is 3. The van der Waals surface area contributed by atoms with E-state index in [1.54, 1.807) is 11.3 Å². The Morgan fingerprint density at radius 1 is 1.46 bits per heavy atom. The van der Waals surface area contributed by atoms with Crippen LogP contribution in [0.4, 0.5) is 0 Å². The molecule has 1 atom stereocenters. The van der Waals surface area contributed by atoms with Gasteiger partial charge in [0.05, 0.1) is 0 Å². The molecule has 1 aliphatic rings. The van der Waals surface area contributed by atoms with Crippen LogP contribution in [0.25, 0.3) is 0 Å². The summed E-state index contributed by atoms with van der Waals surface area (Å²) in [6.07, 6.45) is 5.98. The van der Waals surface area contributed by atoms with Crippen molar-refractivity contribution in [3.8, 4) is 0 Å². The molecule has 3 heterocycles. The molecule has 2 aromatic heterocycles. The number of piperidine rings is 1. The van der Waals surface area contributed by atoms with Crippen molar-refractivity contribution in [2.24, 2.45) is 0 Å². The van der Waals surface area contributed by atoms with E-state index in [-0.39, 0.29) is 5.91 Å². The highest BCUT2D eigenvalue weighted by Crippen LogP contribution is 2.27. The molecule has 2 aromatic rings. The van der Waals surface area contributed by atoms with Crippen LogP contribution < -0.4 is 0 Å². The van der Waals surface area contributed by atoms with Crippen molar-refractivity contribution in [1.29, 1.82) is 0 Å². The van der Waals surface area contributed by atoms with Crippen LogP contribution in [-0.4, -0.2) is 57.4 Å². The monoisotopic (exact) mass is 347 g/mol. The quantitative estimate of drug-likeness (QED) is 0.834. The van der Waals surface area contributed by atoms with Gasteiger partial charge in [-0.3, -0.25) is 4.79 Å². The molecule has 0 N–H and O–H groups in total. The molecule has 6 nitrogen and oxygen atoms in total. The molecule has 1 aliphatic heterocycles. The first kappa shape index (κ1) is 17.1. The van der Waals surface area contributed by atoms with E-state index in [4.69, 9.17) is 0 Å². The zero-order chi connectivity index (χ0) is 17.1. The molecule has 1 saturated heterocycles. The van der Waals surface area contributed by atoms with Crippen LogP contribution >= 0.6 is 11.3 Å². The van der Waals surface area contributed by atoms with Gasteiger partial charge in [0.2, 0.25) is 0 Å². The molecule has 0 bridgehead atoms. The highest BCUT2D eigenvalue weighted by atomic mass is 32.1. The zero-order valence-electron chi connectivity index (χ0n) is 14.6. The van der Waals surface area contributed by atoms with Gasteiger partial charge in [-0.05, 0) is 33.9 Å². The lowest BCUT2D eigenvalue weighted by atomic mass is 9.97. The average Bonchev–Trinajstić information content (AvgIpc) is 3.22. The summed E-state index contributed by atoms with van der Waals surface area (Å²) in [6, 6.07) is 0. The lowest BCUT2D eigenvalue weighted by Gasteiger charge is -2.32. The Morgan fingerprint density at radius 2 is 2.29 bits per heavy atom. The number of rotatable bonds is 5. The maximum atomic E-state index is 12.8. The van der Waals surface area contributed by atoms with E-state index in [9.17, 15) is 4.79 Å². The van der Waals surface area contributed by atoms with E-state index in [0.29, 0.717) is 11.6 Å². The number of aryl methyl sites for hydroxylation is 1. The molecule has 7 heteroatoms. The van der Waals surface area contributed by atoms with Gasteiger partial charge < -0.3 is 14.4 Å². The van der Waals surface area contributed by atoms with E-state index in [1.165, 1.54) is 0 Å². The van der Waals surface area contributed by atoms with Crippen molar-refractivity contribution in [2.45, 2.75) is 38.8 Å². The van der Waals surface area contributed by atoms with Crippen LogP contribution in [0.3, 0.4) is 0 Å². The maximum absolute atomic E-state index is 12.8. The summed E-state index contributed by atoms with van der Waals surface area (Å²) >= 11 is 1.56. The minimum Gasteiger partial charge on any atom is -0.337 e. The summed E-state index contributed by atoms with van der Waals surface area (Å²) in [6.45, 7) is 5.35. The SMILES string of the molecule is CCn1ccnc1[C@H]1CCCN(C(=O)c2csc(CN(C)C)n2)C1. The van der Waals surface area contributed by atoms with Gasteiger partial charge in [0.15, 0.2) is 0 Å². The van der Waals surface area contributed by atoms with Crippen LogP contribution in [0.5, 0.6) is 0 Å². The second kappa shape index (κ2) is 7.44. The zero-order valence-corrected chi connectivity index (χ0v) is 15.4. The van der Waals surface area contributed by atoms with Gasteiger partial charge in [-0.1, -0.05) is 0 Å². The Morgan fingerprint density at radius 3 is 3.04 bits per heavy atom. The molecular formula is C17H25N5OS. The van der Waals surface area contributed by atoms with Crippen LogP contribution in [0, 0.1) is 0 Å². The normalized spacial score (nSPS) is 18.3. The van der Waals surface area contributed by atoms with E-state index in [1.807, 2.05) is 36.8 Å². The molecule has 0 radical (unpaired) electrons. The molecule has 0 spiro atoms. The molecule has 130 valence electrons. The topological polar surface area (TPSA) is 54.3 Å². The fourth-order valence-corrected chi connectivity index (χ4v) is 4.12.